The predicted molar refractivity (Wildman–Crippen MR) is 95.8 cm³/mol. The van der Waals surface area contributed by atoms with E-state index in [1.807, 2.05) is 30.1 Å². The van der Waals surface area contributed by atoms with Gasteiger partial charge in [-0.1, -0.05) is 12.1 Å². The maximum atomic E-state index is 5.84. The van der Waals surface area contributed by atoms with Crippen LogP contribution in [0.15, 0.2) is 36.5 Å². The van der Waals surface area contributed by atoms with Gasteiger partial charge in [0.1, 0.15) is 0 Å². The first kappa shape index (κ1) is 18.8. The molecule has 22 heavy (non-hydrogen) atoms. The summed E-state index contributed by atoms with van der Waals surface area (Å²) in [6, 6.07) is 10.4. The van der Waals surface area contributed by atoms with Crippen LogP contribution >= 0.6 is 24.8 Å². The van der Waals surface area contributed by atoms with E-state index < -0.39 is 0 Å². The number of rotatable bonds is 3. The highest BCUT2D eigenvalue weighted by Crippen LogP contribution is 2.28. The summed E-state index contributed by atoms with van der Waals surface area (Å²) in [6.45, 7) is 3.29. The molecule has 6 heteroatoms. The summed E-state index contributed by atoms with van der Waals surface area (Å²) in [7, 11) is 2.04. The average molecular weight is 343 g/mol. The molecule has 0 aliphatic carbocycles. The SMILES string of the molecule is Cl.Cl.Cn1nccc1C1CCN(Cc2cccc(N)c2)CC1. The number of benzene rings is 1. The summed E-state index contributed by atoms with van der Waals surface area (Å²) in [6.07, 6.45) is 4.32. The molecule has 2 N–H and O–H groups in total. The Kier molecular flexibility index (Phi) is 7.20. The lowest BCUT2D eigenvalue weighted by Gasteiger charge is -2.32. The number of piperidine rings is 1. The molecule has 0 radical (unpaired) electrons. The molecule has 0 amide bonds. The van der Waals surface area contributed by atoms with Gasteiger partial charge in [0, 0.05) is 37.1 Å². The summed E-state index contributed by atoms with van der Waals surface area (Å²) >= 11 is 0. The number of nitrogens with two attached hydrogens (primary N) is 1. The minimum Gasteiger partial charge on any atom is -0.399 e. The average Bonchev–Trinajstić information content (AvgIpc) is 2.86. The molecule has 2 aromatic rings. The Labute approximate surface area is 144 Å². The lowest BCUT2D eigenvalue weighted by Crippen LogP contribution is -2.33. The number of hydrogen-bond donors (Lipinski definition) is 1. The summed E-state index contributed by atoms with van der Waals surface area (Å²) < 4.78 is 2.01. The van der Waals surface area contributed by atoms with Gasteiger partial charge < -0.3 is 5.73 Å². The Morgan fingerprint density at radius 3 is 2.50 bits per heavy atom. The van der Waals surface area contributed by atoms with Gasteiger partial charge >= 0.3 is 0 Å². The number of aromatic nitrogens is 2. The smallest absolute Gasteiger partial charge is 0.0492 e. The van der Waals surface area contributed by atoms with Crippen LogP contribution in [0.4, 0.5) is 5.69 Å². The molecule has 1 aliphatic rings. The van der Waals surface area contributed by atoms with Crippen LogP contribution in [0.25, 0.3) is 0 Å². The Morgan fingerprint density at radius 2 is 1.91 bits per heavy atom. The third-order valence-electron chi connectivity index (χ3n) is 4.22. The maximum Gasteiger partial charge on any atom is 0.0492 e. The lowest BCUT2D eigenvalue weighted by atomic mass is 9.93. The van der Waals surface area contributed by atoms with E-state index in [2.05, 4.69) is 28.2 Å². The van der Waals surface area contributed by atoms with E-state index in [1.54, 1.807) is 0 Å². The first-order valence-electron chi connectivity index (χ1n) is 7.27. The van der Waals surface area contributed by atoms with E-state index in [0.717, 1.165) is 25.3 Å². The van der Waals surface area contributed by atoms with Gasteiger partial charge in [0.05, 0.1) is 0 Å². The van der Waals surface area contributed by atoms with E-state index in [0.29, 0.717) is 5.92 Å². The maximum absolute atomic E-state index is 5.84. The molecule has 4 nitrogen and oxygen atoms in total. The molecular formula is C16H24Cl2N4. The van der Waals surface area contributed by atoms with Gasteiger partial charge in [0.25, 0.3) is 0 Å². The molecule has 1 aliphatic heterocycles. The Morgan fingerprint density at radius 1 is 1.18 bits per heavy atom. The zero-order valence-electron chi connectivity index (χ0n) is 12.8. The molecule has 0 saturated carbocycles. The molecular weight excluding hydrogens is 319 g/mol. The number of nitrogens with zero attached hydrogens (tertiary/aromatic N) is 3. The molecule has 1 aromatic carbocycles. The van der Waals surface area contributed by atoms with Gasteiger partial charge in [-0.2, -0.15) is 5.10 Å². The fourth-order valence-electron chi connectivity index (χ4n) is 3.12. The van der Waals surface area contributed by atoms with Gasteiger partial charge in [-0.25, -0.2) is 0 Å². The van der Waals surface area contributed by atoms with Crippen molar-refractivity contribution < 1.29 is 0 Å². The topological polar surface area (TPSA) is 47.1 Å². The van der Waals surface area contributed by atoms with Crippen molar-refractivity contribution in [3.05, 3.63) is 47.8 Å². The molecule has 0 bridgehead atoms. The van der Waals surface area contributed by atoms with Crippen LogP contribution in [-0.4, -0.2) is 27.8 Å². The van der Waals surface area contributed by atoms with Gasteiger partial charge in [0.15, 0.2) is 0 Å². The second-order valence-corrected chi connectivity index (χ2v) is 5.68. The molecule has 1 fully saturated rings. The quantitative estimate of drug-likeness (QED) is 0.871. The molecule has 3 rings (SSSR count). The fourth-order valence-corrected chi connectivity index (χ4v) is 3.12. The highest BCUT2D eigenvalue weighted by atomic mass is 35.5. The van der Waals surface area contributed by atoms with E-state index in [-0.39, 0.29) is 24.8 Å². The first-order valence-corrected chi connectivity index (χ1v) is 7.27. The Balaban J connectivity index is 0.00000121. The van der Waals surface area contributed by atoms with Crippen LogP contribution in [0.5, 0.6) is 0 Å². The van der Waals surface area contributed by atoms with Crippen LogP contribution in [0, 0.1) is 0 Å². The predicted octanol–water partition coefficient (Wildman–Crippen LogP) is 3.23. The van der Waals surface area contributed by atoms with E-state index in [9.17, 15) is 0 Å². The number of nitrogen functional groups attached to an aromatic ring is 1. The van der Waals surface area contributed by atoms with Crippen molar-refractivity contribution in [1.82, 2.24) is 14.7 Å². The molecule has 122 valence electrons. The van der Waals surface area contributed by atoms with E-state index in [4.69, 9.17) is 5.73 Å². The van der Waals surface area contributed by atoms with Gasteiger partial charge in [-0.3, -0.25) is 9.58 Å². The molecule has 2 heterocycles. The number of halogens is 2. The lowest BCUT2D eigenvalue weighted by molar-refractivity contribution is 0.201. The van der Waals surface area contributed by atoms with Crippen LogP contribution in [0.2, 0.25) is 0 Å². The molecule has 1 saturated heterocycles. The van der Waals surface area contributed by atoms with Crippen LogP contribution in [0.3, 0.4) is 0 Å². The Hall–Kier alpha value is -1.23. The van der Waals surface area contributed by atoms with Crippen LogP contribution in [0.1, 0.15) is 30.0 Å². The van der Waals surface area contributed by atoms with Crippen molar-refractivity contribution in [3.8, 4) is 0 Å². The van der Waals surface area contributed by atoms with Crippen LogP contribution < -0.4 is 5.73 Å². The van der Waals surface area contributed by atoms with Crippen LogP contribution in [-0.2, 0) is 13.6 Å². The highest BCUT2D eigenvalue weighted by molar-refractivity contribution is 5.85. The molecule has 0 unspecified atom stereocenters. The van der Waals surface area contributed by atoms with Crippen molar-refractivity contribution in [2.24, 2.45) is 7.05 Å². The minimum absolute atomic E-state index is 0. The van der Waals surface area contributed by atoms with Crippen molar-refractivity contribution in [3.63, 3.8) is 0 Å². The largest absolute Gasteiger partial charge is 0.399 e. The standard InChI is InChI=1S/C16H22N4.2ClH/c1-19-16(5-8-18-19)14-6-9-20(10-7-14)12-13-3-2-4-15(17)11-13;;/h2-5,8,11,14H,6-7,9-10,12,17H2,1H3;2*1H. The van der Waals surface area contributed by atoms with Crippen molar-refractivity contribution >= 4 is 30.5 Å². The monoisotopic (exact) mass is 342 g/mol. The second kappa shape index (κ2) is 8.42. The normalized spacial score (nSPS) is 15.9. The third-order valence-corrected chi connectivity index (χ3v) is 4.22. The number of anilines is 1. The fraction of sp³-hybridized carbons (Fsp3) is 0.438. The summed E-state index contributed by atoms with van der Waals surface area (Å²) in [5.74, 6) is 0.652. The van der Waals surface area contributed by atoms with Crippen molar-refractivity contribution in [2.75, 3.05) is 18.8 Å². The number of hydrogen-bond acceptors (Lipinski definition) is 3. The Bertz CT molecular complexity index is 577. The minimum atomic E-state index is 0. The zero-order valence-corrected chi connectivity index (χ0v) is 14.4. The zero-order chi connectivity index (χ0) is 13.9. The summed E-state index contributed by atoms with van der Waals surface area (Å²) in [4.78, 5) is 2.52. The molecule has 1 aromatic heterocycles. The summed E-state index contributed by atoms with van der Waals surface area (Å²) in [5.41, 5.74) is 9.37. The second-order valence-electron chi connectivity index (χ2n) is 5.68. The van der Waals surface area contributed by atoms with Crippen molar-refractivity contribution in [2.45, 2.75) is 25.3 Å². The highest BCUT2D eigenvalue weighted by Gasteiger charge is 2.22. The third kappa shape index (κ3) is 4.38. The number of likely N-dealkylation sites (tertiary alicyclic amines) is 1. The summed E-state index contributed by atoms with van der Waals surface area (Å²) in [5, 5.41) is 4.28. The molecule has 0 atom stereocenters. The van der Waals surface area contributed by atoms with Gasteiger partial charge in [-0.05, 0) is 49.7 Å². The van der Waals surface area contributed by atoms with E-state index in [1.165, 1.54) is 24.1 Å². The van der Waals surface area contributed by atoms with Crippen molar-refractivity contribution in [1.29, 1.82) is 0 Å². The first-order chi connectivity index (χ1) is 9.72. The van der Waals surface area contributed by atoms with Gasteiger partial charge in [-0.15, -0.1) is 24.8 Å². The number of aryl methyl sites for hydroxylation is 1. The van der Waals surface area contributed by atoms with Gasteiger partial charge in [0.2, 0.25) is 0 Å². The van der Waals surface area contributed by atoms with E-state index >= 15 is 0 Å². The molecule has 0 spiro atoms.